The van der Waals surface area contributed by atoms with Gasteiger partial charge in [0.25, 0.3) is 5.69 Å². The molecule has 98 valence electrons. The number of nitro benzene ring substituents is 1. The minimum absolute atomic E-state index is 0.0137. The highest BCUT2D eigenvalue weighted by Crippen LogP contribution is 2.26. The van der Waals surface area contributed by atoms with E-state index in [0.29, 0.717) is 15.8 Å². The zero-order chi connectivity index (χ0) is 13.8. The number of ether oxygens (including phenoxy) is 1. The third-order valence-corrected chi connectivity index (χ3v) is 3.10. The van der Waals surface area contributed by atoms with Gasteiger partial charge in [-0.15, -0.1) is 0 Å². The van der Waals surface area contributed by atoms with E-state index in [0.717, 1.165) is 0 Å². The van der Waals surface area contributed by atoms with Crippen LogP contribution < -0.4 is 4.74 Å². The van der Waals surface area contributed by atoms with Crippen LogP contribution in [0.15, 0.2) is 46.9 Å². The van der Waals surface area contributed by atoms with Crippen molar-refractivity contribution in [3.8, 4) is 5.75 Å². The van der Waals surface area contributed by atoms with Gasteiger partial charge < -0.3 is 4.74 Å². The highest BCUT2D eigenvalue weighted by atomic mass is 79.9. The fraction of sp³-hybridized carbons (Fsp3) is 0.0769. The molecule has 0 heterocycles. The molecule has 6 heteroatoms. The minimum atomic E-state index is -0.467. The molecule has 0 aromatic heterocycles. The topological polar surface area (TPSA) is 52.4 Å². The Balaban J connectivity index is 2.09. The summed E-state index contributed by atoms with van der Waals surface area (Å²) in [5.74, 6) is 0.165. The molecule has 0 fully saturated rings. The van der Waals surface area contributed by atoms with E-state index < -0.39 is 4.92 Å². The Morgan fingerprint density at radius 3 is 2.53 bits per heavy atom. The lowest BCUT2D eigenvalue weighted by molar-refractivity contribution is -0.385. The molecule has 0 saturated carbocycles. The van der Waals surface area contributed by atoms with Crippen LogP contribution in [0.3, 0.4) is 0 Å². The maximum atomic E-state index is 12.7. The molecule has 2 aromatic carbocycles. The summed E-state index contributed by atoms with van der Waals surface area (Å²) in [6.45, 7) is 0.180. The second-order valence-corrected chi connectivity index (χ2v) is 4.64. The standard InChI is InChI=1S/C13H9BrFNO3/c14-12-6-1-9(7-13(12)16(17)18)8-19-11-4-2-10(15)3-5-11/h1-7H,8H2. The van der Waals surface area contributed by atoms with E-state index in [4.69, 9.17) is 4.74 Å². The fourth-order valence-electron chi connectivity index (χ4n) is 1.49. The monoisotopic (exact) mass is 325 g/mol. The van der Waals surface area contributed by atoms with E-state index in [2.05, 4.69) is 15.9 Å². The number of nitrogens with zero attached hydrogens (tertiary/aromatic N) is 1. The van der Waals surface area contributed by atoms with E-state index in [9.17, 15) is 14.5 Å². The van der Waals surface area contributed by atoms with Crippen molar-refractivity contribution >= 4 is 21.6 Å². The number of benzene rings is 2. The molecule has 2 rings (SSSR count). The van der Waals surface area contributed by atoms with Gasteiger partial charge in [-0.25, -0.2) is 4.39 Å². The summed E-state index contributed by atoms with van der Waals surface area (Å²) in [6, 6.07) is 10.3. The lowest BCUT2D eigenvalue weighted by Crippen LogP contribution is -1.97. The highest BCUT2D eigenvalue weighted by Gasteiger charge is 2.12. The van der Waals surface area contributed by atoms with Gasteiger partial charge in [0.2, 0.25) is 0 Å². The molecule has 0 amide bonds. The van der Waals surface area contributed by atoms with Crippen molar-refractivity contribution in [2.24, 2.45) is 0 Å². The van der Waals surface area contributed by atoms with Crippen LogP contribution >= 0.6 is 15.9 Å². The van der Waals surface area contributed by atoms with Gasteiger partial charge in [0.1, 0.15) is 18.2 Å². The van der Waals surface area contributed by atoms with E-state index in [1.807, 2.05) is 0 Å². The zero-order valence-corrected chi connectivity index (χ0v) is 11.3. The summed E-state index contributed by atoms with van der Waals surface area (Å²) in [4.78, 5) is 10.3. The second kappa shape index (κ2) is 5.79. The van der Waals surface area contributed by atoms with Crippen molar-refractivity contribution in [3.63, 3.8) is 0 Å². The number of nitro groups is 1. The first kappa shape index (κ1) is 13.5. The van der Waals surface area contributed by atoms with Crippen molar-refractivity contribution in [1.29, 1.82) is 0 Å². The molecule has 2 aromatic rings. The highest BCUT2D eigenvalue weighted by molar-refractivity contribution is 9.10. The summed E-state index contributed by atoms with van der Waals surface area (Å²) in [5.41, 5.74) is 0.652. The summed E-state index contributed by atoms with van der Waals surface area (Å²) >= 11 is 3.11. The van der Waals surface area contributed by atoms with Crippen LogP contribution in [0.5, 0.6) is 5.75 Å². The van der Waals surface area contributed by atoms with Crippen LogP contribution in [0.25, 0.3) is 0 Å². The van der Waals surface area contributed by atoms with E-state index in [-0.39, 0.29) is 18.1 Å². The van der Waals surface area contributed by atoms with Gasteiger partial charge in [0, 0.05) is 6.07 Å². The predicted octanol–water partition coefficient (Wildman–Crippen LogP) is 4.08. The Labute approximate surface area is 117 Å². The van der Waals surface area contributed by atoms with E-state index >= 15 is 0 Å². The van der Waals surface area contributed by atoms with Gasteiger partial charge >= 0.3 is 0 Å². The number of hydrogen-bond acceptors (Lipinski definition) is 3. The van der Waals surface area contributed by atoms with Crippen molar-refractivity contribution in [2.75, 3.05) is 0 Å². The minimum Gasteiger partial charge on any atom is -0.489 e. The second-order valence-electron chi connectivity index (χ2n) is 3.79. The largest absolute Gasteiger partial charge is 0.489 e. The van der Waals surface area contributed by atoms with Crippen molar-refractivity contribution in [2.45, 2.75) is 6.61 Å². The number of halogens is 2. The Bertz CT molecular complexity index is 601. The molecule has 0 aliphatic rings. The first-order valence-electron chi connectivity index (χ1n) is 5.37. The van der Waals surface area contributed by atoms with Crippen LogP contribution in [-0.4, -0.2) is 4.92 Å². The molecule has 0 spiro atoms. The lowest BCUT2D eigenvalue weighted by atomic mass is 10.2. The molecule has 0 unspecified atom stereocenters. The van der Waals surface area contributed by atoms with E-state index in [1.54, 1.807) is 12.1 Å². The maximum Gasteiger partial charge on any atom is 0.283 e. The van der Waals surface area contributed by atoms with Crippen LogP contribution in [0, 0.1) is 15.9 Å². The third kappa shape index (κ3) is 3.51. The Morgan fingerprint density at radius 2 is 1.89 bits per heavy atom. The molecule has 0 aliphatic heterocycles. The average molecular weight is 326 g/mol. The summed E-state index contributed by atoms with van der Waals surface area (Å²) in [5, 5.41) is 10.8. The van der Waals surface area contributed by atoms with E-state index in [1.165, 1.54) is 30.3 Å². The van der Waals surface area contributed by atoms with Crippen molar-refractivity contribution < 1.29 is 14.1 Å². The quantitative estimate of drug-likeness (QED) is 0.628. The summed E-state index contributed by atoms with van der Waals surface area (Å²) in [7, 11) is 0. The van der Waals surface area contributed by atoms with Crippen LogP contribution in [0.2, 0.25) is 0 Å². The van der Waals surface area contributed by atoms with Gasteiger partial charge in [-0.2, -0.15) is 0 Å². The van der Waals surface area contributed by atoms with Crippen LogP contribution in [0.1, 0.15) is 5.56 Å². The van der Waals surface area contributed by atoms with Gasteiger partial charge in [0.15, 0.2) is 0 Å². The fourth-order valence-corrected chi connectivity index (χ4v) is 1.88. The molecule has 19 heavy (non-hydrogen) atoms. The molecule has 0 bridgehead atoms. The maximum absolute atomic E-state index is 12.7. The number of rotatable bonds is 4. The third-order valence-electron chi connectivity index (χ3n) is 2.43. The molecule has 4 nitrogen and oxygen atoms in total. The van der Waals surface area contributed by atoms with Crippen molar-refractivity contribution in [1.82, 2.24) is 0 Å². The predicted molar refractivity (Wildman–Crippen MR) is 71.5 cm³/mol. The average Bonchev–Trinajstić information content (AvgIpc) is 2.39. The van der Waals surface area contributed by atoms with Gasteiger partial charge in [-0.3, -0.25) is 10.1 Å². The summed E-state index contributed by atoms with van der Waals surface area (Å²) in [6.07, 6.45) is 0. The number of hydrogen-bond donors (Lipinski definition) is 0. The molecule has 0 N–H and O–H groups in total. The first-order chi connectivity index (χ1) is 9.06. The van der Waals surface area contributed by atoms with Gasteiger partial charge in [-0.1, -0.05) is 6.07 Å². The summed E-state index contributed by atoms with van der Waals surface area (Å²) < 4.78 is 18.5. The molecular formula is C13H9BrFNO3. The van der Waals surface area contributed by atoms with Crippen LogP contribution in [0.4, 0.5) is 10.1 Å². The lowest BCUT2D eigenvalue weighted by Gasteiger charge is -2.06. The van der Waals surface area contributed by atoms with Gasteiger partial charge in [0.05, 0.1) is 9.40 Å². The zero-order valence-electron chi connectivity index (χ0n) is 9.68. The molecule has 0 aliphatic carbocycles. The Kier molecular flexibility index (Phi) is 4.11. The smallest absolute Gasteiger partial charge is 0.283 e. The first-order valence-corrected chi connectivity index (χ1v) is 6.17. The molecule has 0 radical (unpaired) electrons. The Hall–Kier alpha value is -1.95. The Morgan fingerprint density at radius 1 is 1.21 bits per heavy atom. The van der Waals surface area contributed by atoms with Crippen molar-refractivity contribution in [3.05, 3.63) is 68.4 Å². The van der Waals surface area contributed by atoms with Crippen LogP contribution in [-0.2, 0) is 6.61 Å². The SMILES string of the molecule is O=[N+]([O-])c1cc(COc2ccc(F)cc2)ccc1Br. The molecular weight excluding hydrogens is 317 g/mol. The van der Waals surface area contributed by atoms with Gasteiger partial charge in [-0.05, 0) is 51.8 Å². The normalized spacial score (nSPS) is 10.2. The molecule has 0 saturated heterocycles. The molecule has 0 atom stereocenters.